The normalized spacial score (nSPS) is 29.6. The van der Waals surface area contributed by atoms with Crippen LogP contribution in [-0.4, -0.2) is 103 Å². The Bertz CT molecular complexity index is 2060. The number of carbonyl (C=O) groups excluding carboxylic acids is 4. The molecule has 4 aliphatic rings. The smallest absolute Gasteiger partial charge is 0.408 e. The number of hydrogen-bond donors (Lipinski definition) is 3. The molecular formula is C41H56FN5O10S. The van der Waals surface area contributed by atoms with Crippen LogP contribution in [0.4, 0.5) is 9.18 Å². The number of sulfonamides is 1. The summed E-state index contributed by atoms with van der Waals surface area (Å²) in [4.78, 5) is 62.6. The molecular weight excluding hydrogens is 774 g/mol. The first-order valence-corrected chi connectivity index (χ1v) is 21.4. The van der Waals surface area contributed by atoms with Crippen molar-refractivity contribution in [2.24, 2.45) is 17.8 Å². The van der Waals surface area contributed by atoms with E-state index in [1.54, 1.807) is 58.2 Å². The van der Waals surface area contributed by atoms with Gasteiger partial charge in [-0.3, -0.25) is 19.1 Å². The average molecular weight is 830 g/mol. The van der Waals surface area contributed by atoms with Gasteiger partial charge in [0.2, 0.25) is 33.6 Å². The number of ether oxygens (including phenoxy) is 4. The van der Waals surface area contributed by atoms with E-state index in [9.17, 15) is 32.0 Å². The fraction of sp³-hybridized carbons (Fsp3) is 0.634. The lowest BCUT2D eigenvalue weighted by Gasteiger charge is -2.33. The van der Waals surface area contributed by atoms with Gasteiger partial charge < -0.3 is 34.5 Å². The highest BCUT2D eigenvalue weighted by atomic mass is 32.2. The lowest BCUT2D eigenvalue weighted by molar-refractivity contribution is -0.142. The predicted molar refractivity (Wildman–Crippen MR) is 212 cm³/mol. The number of amides is 4. The molecule has 2 saturated carbocycles. The molecule has 4 amide bonds. The molecule has 17 heteroatoms. The number of nitrogens with zero attached hydrogens (tertiary/aromatic N) is 2. The summed E-state index contributed by atoms with van der Waals surface area (Å²) in [6.07, 6.45) is 2.45. The van der Waals surface area contributed by atoms with Gasteiger partial charge in [-0.05, 0) is 102 Å². The third-order valence-electron chi connectivity index (χ3n) is 11.8. The summed E-state index contributed by atoms with van der Waals surface area (Å²) in [5, 5.41) is 6.95. The summed E-state index contributed by atoms with van der Waals surface area (Å²) in [5.41, 5.74) is -2.54. The third-order valence-corrected chi connectivity index (χ3v) is 14.0. The van der Waals surface area contributed by atoms with E-state index in [4.69, 9.17) is 18.9 Å². The molecule has 3 N–H and O–H groups in total. The van der Waals surface area contributed by atoms with E-state index < -0.39 is 85.9 Å². The molecule has 0 radical (unpaired) electrons. The van der Waals surface area contributed by atoms with Gasteiger partial charge in [0.25, 0.3) is 5.91 Å². The van der Waals surface area contributed by atoms with Crippen LogP contribution in [0.2, 0.25) is 0 Å². The minimum atomic E-state index is -4.45. The number of benzene rings is 1. The second kappa shape index (κ2) is 16.2. The Balaban J connectivity index is 1.37. The highest BCUT2D eigenvalue weighted by molar-refractivity contribution is 7.91. The van der Waals surface area contributed by atoms with Crippen LogP contribution in [0.25, 0.3) is 10.8 Å². The number of alkyl halides is 1. The van der Waals surface area contributed by atoms with Crippen LogP contribution < -0.4 is 29.6 Å². The number of fused-ring (bicyclic) bond motifs is 3. The molecule has 0 bridgehead atoms. The van der Waals surface area contributed by atoms with Gasteiger partial charge in [-0.1, -0.05) is 26.0 Å². The van der Waals surface area contributed by atoms with Crippen molar-refractivity contribution in [2.75, 3.05) is 20.8 Å². The number of allylic oxidation sites excluding steroid dienone is 1. The van der Waals surface area contributed by atoms with Crippen LogP contribution in [0.3, 0.4) is 0 Å². The lowest BCUT2D eigenvalue weighted by atomic mass is 9.88. The van der Waals surface area contributed by atoms with E-state index in [1.807, 2.05) is 19.9 Å². The maximum atomic E-state index is 14.8. The van der Waals surface area contributed by atoms with Gasteiger partial charge in [0.15, 0.2) is 0 Å². The molecule has 2 aliphatic carbocycles. The standard InChI is InChI=1S/C41H56FN5O10S/c1-23-11-9-10-12-27-21-41(27,37(50)46-58(52,53)40(15-16-40)25(3)42)45-34(48)31-20-29(56-35-30-14-13-28(54-7)18-26(30)19-32(43-35)55-8)22-47(31)36(49)33(24(2)17-23)44-38(51)57-39(4,5)6/h10,12-14,18-19,23-25,27,29,31,33H,9,11,15-17,20-22H2,1-8H3,(H,44,51)(H,45,48)(H,46,50)/b12-10-/t23-,24-,25?,27-,29-,31+,33+,41-/m1/s1. The van der Waals surface area contributed by atoms with Crippen molar-refractivity contribution >= 4 is 44.6 Å². The number of methoxy groups -OCH3 is 2. The summed E-state index contributed by atoms with van der Waals surface area (Å²) in [7, 11) is -1.43. The number of rotatable bonds is 9. The van der Waals surface area contributed by atoms with E-state index in [0.717, 1.165) is 6.92 Å². The SMILES string of the molecule is COc1ccc2c(O[C@@H]3C[C@H]4C(=O)N[C@]5(C(=O)NS(=O)(=O)C6(C(C)F)CC6)C[C@H]5/C=C\CC[C@@H](C)C[C@@H](C)[C@H](NC(=O)OC(C)(C)C)C(=O)N4C3)nc(OC)cc2c1. The van der Waals surface area contributed by atoms with E-state index in [0.29, 0.717) is 35.8 Å². The zero-order valence-electron chi connectivity index (χ0n) is 34.4. The molecule has 1 aromatic carbocycles. The van der Waals surface area contributed by atoms with Crippen LogP contribution in [0.1, 0.15) is 86.5 Å². The molecule has 1 saturated heterocycles. The number of alkyl carbamates (subject to hydrolysis) is 1. The monoisotopic (exact) mass is 829 g/mol. The van der Waals surface area contributed by atoms with Gasteiger partial charge in [-0.25, -0.2) is 17.6 Å². The van der Waals surface area contributed by atoms with Crippen molar-refractivity contribution in [3.05, 3.63) is 36.4 Å². The maximum absolute atomic E-state index is 14.8. The number of nitrogens with one attached hydrogen (secondary N) is 3. The van der Waals surface area contributed by atoms with Crippen molar-refractivity contribution in [1.29, 1.82) is 0 Å². The molecule has 318 valence electrons. The largest absolute Gasteiger partial charge is 0.497 e. The van der Waals surface area contributed by atoms with Gasteiger partial charge in [-0.15, -0.1) is 0 Å². The minimum absolute atomic E-state index is 0.0446. The highest BCUT2D eigenvalue weighted by Gasteiger charge is 2.65. The Kier molecular flexibility index (Phi) is 12.0. The third kappa shape index (κ3) is 8.83. The predicted octanol–water partition coefficient (Wildman–Crippen LogP) is 4.72. The second-order valence-electron chi connectivity index (χ2n) is 17.4. The Labute approximate surface area is 339 Å². The van der Waals surface area contributed by atoms with Crippen molar-refractivity contribution < 1.29 is 50.9 Å². The molecule has 3 fully saturated rings. The fourth-order valence-corrected chi connectivity index (χ4v) is 9.92. The Morgan fingerprint density at radius 3 is 2.45 bits per heavy atom. The summed E-state index contributed by atoms with van der Waals surface area (Å²) in [6.45, 7) is 10.1. The summed E-state index contributed by atoms with van der Waals surface area (Å²) in [5.74, 6) is -2.06. The quantitative estimate of drug-likeness (QED) is 0.297. The Morgan fingerprint density at radius 2 is 1.81 bits per heavy atom. The first kappa shape index (κ1) is 42.9. The first-order valence-electron chi connectivity index (χ1n) is 19.9. The number of pyridine rings is 1. The number of halogens is 1. The zero-order chi connectivity index (χ0) is 42.4. The van der Waals surface area contributed by atoms with Crippen LogP contribution in [0.5, 0.6) is 17.5 Å². The molecule has 2 aliphatic heterocycles. The molecule has 6 rings (SSSR count). The summed E-state index contributed by atoms with van der Waals surface area (Å²) < 4.78 is 64.7. The molecule has 2 aromatic rings. The Morgan fingerprint density at radius 1 is 1.09 bits per heavy atom. The molecule has 3 heterocycles. The molecule has 15 nitrogen and oxygen atoms in total. The van der Waals surface area contributed by atoms with E-state index in [2.05, 4.69) is 20.3 Å². The van der Waals surface area contributed by atoms with Gasteiger partial charge in [0.05, 0.1) is 20.8 Å². The second-order valence-corrected chi connectivity index (χ2v) is 19.4. The number of carbonyl (C=O) groups is 4. The number of aromatic nitrogens is 1. The van der Waals surface area contributed by atoms with Crippen LogP contribution in [0.15, 0.2) is 36.4 Å². The lowest BCUT2D eigenvalue weighted by Crippen LogP contribution is -2.59. The van der Waals surface area contributed by atoms with Gasteiger partial charge in [-0.2, -0.15) is 4.98 Å². The van der Waals surface area contributed by atoms with Crippen molar-refractivity contribution in [3.63, 3.8) is 0 Å². The minimum Gasteiger partial charge on any atom is -0.497 e. The molecule has 0 spiro atoms. The summed E-state index contributed by atoms with van der Waals surface area (Å²) >= 11 is 0. The maximum Gasteiger partial charge on any atom is 0.408 e. The topological polar surface area (TPSA) is 192 Å². The van der Waals surface area contributed by atoms with Crippen molar-refractivity contribution in [3.8, 4) is 17.5 Å². The highest BCUT2D eigenvalue weighted by Crippen LogP contribution is 2.49. The van der Waals surface area contributed by atoms with Crippen LogP contribution >= 0.6 is 0 Å². The molecule has 8 atom stereocenters. The van der Waals surface area contributed by atoms with Crippen LogP contribution in [-0.2, 0) is 29.1 Å². The van der Waals surface area contributed by atoms with Crippen molar-refractivity contribution in [2.45, 2.75) is 127 Å². The van der Waals surface area contributed by atoms with E-state index >= 15 is 0 Å². The van der Waals surface area contributed by atoms with Gasteiger partial charge >= 0.3 is 6.09 Å². The average Bonchev–Trinajstić information content (AvgIpc) is 4.06. The van der Waals surface area contributed by atoms with E-state index in [1.165, 1.54) is 12.0 Å². The molecule has 58 heavy (non-hydrogen) atoms. The van der Waals surface area contributed by atoms with E-state index in [-0.39, 0.29) is 49.9 Å². The van der Waals surface area contributed by atoms with Crippen LogP contribution in [0, 0.1) is 17.8 Å². The number of hydrogen-bond acceptors (Lipinski definition) is 11. The first-order chi connectivity index (χ1) is 27.2. The summed E-state index contributed by atoms with van der Waals surface area (Å²) in [6, 6.07) is 4.71. The zero-order valence-corrected chi connectivity index (χ0v) is 35.2. The molecule has 1 unspecified atom stereocenters. The fourth-order valence-electron chi connectivity index (χ4n) is 8.23. The Hall–Kier alpha value is -4.67. The van der Waals surface area contributed by atoms with Crippen molar-refractivity contribution in [1.82, 2.24) is 25.2 Å². The van der Waals surface area contributed by atoms with Gasteiger partial charge in [0, 0.05) is 23.8 Å². The van der Waals surface area contributed by atoms with Gasteiger partial charge in [0.1, 0.15) is 46.0 Å². The molecule has 1 aromatic heterocycles.